The van der Waals surface area contributed by atoms with E-state index >= 15 is 0 Å². The molecule has 2 heterocycles. The summed E-state index contributed by atoms with van der Waals surface area (Å²) in [7, 11) is -3.19. The molecule has 2 aliphatic heterocycles. The Morgan fingerprint density at radius 3 is 2.83 bits per heavy atom. The predicted molar refractivity (Wildman–Crippen MR) is 71.0 cm³/mol. The standard InChI is InChI=1S/C12H24N2O3S/c1-3-11-9-17-10(2)8-14(11)18(15,16)12-5-4-6-13-7-12/h10-13H,3-9H2,1-2H3. The number of hydrogen-bond acceptors (Lipinski definition) is 4. The van der Waals surface area contributed by atoms with Crippen LogP contribution in [0.25, 0.3) is 0 Å². The summed E-state index contributed by atoms with van der Waals surface area (Å²) in [6.45, 7) is 6.50. The number of rotatable bonds is 3. The van der Waals surface area contributed by atoms with Gasteiger partial charge in [-0.15, -0.1) is 0 Å². The van der Waals surface area contributed by atoms with Gasteiger partial charge in [0.2, 0.25) is 10.0 Å². The maximum atomic E-state index is 12.7. The first kappa shape index (κ1) is 14.2. The normalized spacial score (nSPS) is 35.6. The van der Waals surface area contributed by atoms with Gasteiger partial charge < -0.3 is 10.1 Å². The molecule has 3 atom stereocenters. The Kier molecular flexibility index (Phi) is 4.64. The fraction of sp³-hybridized carbons (Fsp3) is 1.00. The molecule has 2 fully saturated rings. The highest BCUT2D eigenvalue weighted by Gasteiger charge is 2.39. The Morgan fingerprint density at radius 2 is 2.22 bits per heavy atom. The van der Waals surface area contributed by atoms with Crippen LogP contribution in [-0.2, 0) is 14.8 Å². The Balaban J connectivity index is 2.15. The van der Waals surface area contributed by atoms with Crippen molar-refractivity contribution in [2.45, 2.75) is 50.5 Å². The summed E-state index contributed by atoms with van der Waals surface area (Å²) in [4.78, 5) is 0. The van der Waals surface area contributed by atoms with E-state index in [4.69, 9.17) is 4.74 Å². The molecule has 0 aromatic heterocycles. The first-order chi connectivity index (χ1) is 8.55. The molecule has 0 bridgehead atoms. The maximum absolute atomic E-state index is 12.7. The Labute approximate surface area is 110 Å². The van der Waals surface area contributed by atoms with Crippen molar-refractivity contribution < 1.29 is 13.2 Å². The summed E-state index contributed by atoms with van der Waals surface area (Å²) in [6.07, 6.45) is 2.53. The van der Waals surface area contributed by atoms with Crippen molar-refractivity contribution in [3.63, 3.8) is 0 Å². The van der Waals surface area contributed by atoms with Gasteiger partial charge in [0.05, 0.1) is 18.0 Å². The highest BCUT2D eigenvalue weighted by Crippen LogP contribution is 2.24. The molecule has 0 amide bonds. The number of ether oxygens (including phenoxy) is 1. The molecule has 0 spiro atoms. The van der Waals surface area contributed by atoms with Crippen molar-refractivity contribution >= 4 is 10.0 Å². The van der Waals surface area contributed by atoms with E-state index in [1.54, 1.807) is 4.31 Å². The summed E-state index contributed by atoms with van der Waals surface area (Å²) < 4.78 is 32.6. The molecule has 6 heteroatoms. The molecule has 1 N–H and O–H groups in total. The van der Waals surface area contributed by atoms with Crippen molar-refractivity contribution in [2.24, 2.45) is 0 Å². The lowest BCUT2D eigenvalue weighted by molar-refractivity contribution is -0.0234. The summed E-state index contributed by atoms with van der Waals surface area (Å²) >= 11 is 0. The smallest absolute Gasteiger partial charge is 0.218 e. The Bertz CT molecular complexity index is 366. The topological polar surface area (TPSA) is 58.6 Å². The Morgan fingerprint density at radius 1 is 1.44 bits per heavy atom. The lowest BCUT2D eigenvalue weighted by atomic mass is 10.2. The second-order valence-electron chi connectivity index (χ2n) is 5.29. The van der Waals surface area contributed by atoms with E-state index in [-0.39, 0.29) is 17.4 Å². The third-order valence-electron chi connectivity index (χ3n) is 3.89. The van der Waals surface area contributed by atoms with Crippen LogP contribution >= 0.6 is 0 Å². The van der Waals surface area contributed by atoms with Crippen molar-refractivity contribution in [2.75, 3.05) is 26.2 Å². The van der Waals surface area contributed by atoms with Crippen molar-refractivity contribution in [1.29, 1.82) is 0 Å². The van der Waals surface area contributed by atoms with Crippen molar-refractivity contribution in [3.8, 4) is 0 Å². The minimum absolute atomic E-state index is 0.000810. The van der Waals surface area contributed by atoms with Crippen LogP contribution in [0.2, 0.25) is 0 Å². The molecule has 2 saturated heterocycles. The zero-order chi connectivity index (χ0) is 13.2. The maximum Gasteiger partial charge on any atom is 0.218 e. The zero-order valence-corrected chi connectivity index (χ0v) is 12.1. The van der Waals surface area contributed by atoms with E-state index in [1.807, 2.05) is 13.8 Å². The molecule has 0 aromatic carbocycles. The van der Waals surface area contributed by atoms with Gasteiger partial charge in [-0.2, -0.15) is 4.31 Å². The van der Waals surface area contributed by atoms with E-state index in [0.29, 0.717) is 19.7 Å². The lowest BCUT2D eigenvalue weighted by Gasteiger charge is -2.39. The van der Waals surface area contributed by atoms with Gasteiger partial charge in [-0.3, -0.25) is 0 Å². The van der Waals surface area contributed by atoms with E-state index in [0.717, 1.165) is 25.8 Å². The average molecular weight is 276 g/mol. The first-order valence-electron chi connectivity index (χ1n) is 6.88. The van der Waals surface area contributed by atoms with Crippen LogP contribution < -0.4 is 5.32 Å². The third-order valence-corrected chi connectivity index (χ3v) is 6.23. The zero-order valence-electron chi connectivity index (χ0n) is 11.3. The molecule has 0 aliphatic carbocycles. The Hall–Kier alpha value is -0.170. The SMILES string of the molecule is CCC1COC(C)CN1S(=O)(=O)C1CCCNC1. The van der Waals surface area contributed by atoms with Crippen LogP contribution in [0.3, 0.4) is 0 Å². The van der Waals surface area contributed by atoms with Crippen molar-refractivity contribution in [1.82, 2.24) is 9.62 Å². The van der Waals surface area contributed by atoms with Gasteiger partial charge in [-0.1, -0.05) is 6.92 Å². The highest BCUT2D eigenvalue weighted by atomic mass is 32.2. The molecule has 0 aromatic rings. The summed E-state index contributed by atoms with van der Waals surface area (Å²) in [5.41, 5.74) is 0. The van der Waals surface area contributed by atoms with Gasteiger partial charge in [0.25, 0.3) is 0 Å². The average Bonchev–Trinajstić information content (AvgIpc) is 2.39. The fourth-order valence-corrected chi connectivity index (χ4v) is 4.93. The summed E-state index contributed by atoms with van der Waals surface area (Å²) in [5, 5.41) is 2.93. The van der Waals surface area contributed by atoms with Crippen LogP contribution in [0.1, 0.15) is 33.1 Å². The molecule has 2 rings (SSSR count). The molecule has 0 saturated carbocycles. The second kappa shape index (κ2) is 5.86. The van der Waals surface area contributed by atoms with Gasteiger partial charge in [-0.25, -0.2) is 8.42 Å². The second-order valence-corrected chi connectivity index (χ2v) is 7.45. The number of sulfonamides is 1. The summed E-state index contributed by atoms with van der Waals surface area (Å²) in [5.74, 6) is 0. The molecule has 0 radical (unpaired) electrons. The van der Waals surface area contributed by atoms with Crippen LogP contribution in [0, 0.1) is 0 Å². The minimum atomic E-state index is -3.19. The number of hydrogen-bond donors (Lipinski definition) is 1. The van der Waals surface area contributed by atoms with Crippen LogP contribution in [0.4, 0.5) is 0 Å². The fourth-order valence-electron chi connectivity index (χ4n) is 2.71. The number of piperidine rings is 1. The number of nitrogens with zero attached hydrogens (tertiary/aromatic N) is 1. The van der Waals surface area contributed by atoms with E-state index < -0.39 is 10.0 Å². The molecule has 3 unspecified atom stereocenters. The van der Waals surface area contributed by atoms with Crippen molar-refractivity contribution in [3.05, 3.63) is 0 Å². The number of nitrogens with one attached hydrogen (secondary N) is 1. The molecular weight excluding hydrogens is 252 g/mol. The first-order valence-corrected chi connectivity index (χ1v) is 8.39. The van der Waals surface area contributed by atoms with Gasteiger partial charge >= 0.3 is 0 Å². The van der Waals surface area contributed by atoms with E-state index in [1.165, 1.54) is 0 Å². The highest BCUT2D eigenvalue weighted by molar-refractivity contribution is 7.89. The largest absolute Gasteiger partial charge is 0.375 e. The van der Waals surface area contributed by atoms with Crippen LogP contribution in [-0.4, -0.2) is 56.4 Å². The molecular formula is C12H24N2O3S. The van der Waals surface area contributed by atoms with Crippen LogP contribution in [0.5, 0.6) is 0 Å². The summed E-state index contributed by atoms with van der Waals surface area (Å²) in [6, 6.07) is 0.00752. The predicted octanol–water partition coefficient (Wildman–Crippen LogP) is 0.568. The quantitative estimate of drug-likeness (QED) is 0.818. The molecule has 5 nitrogen and oxygen atoms in total. The third kappa shape index (κ3) is 2.87. The van der Waals surface area contributed by atoms with Gasteiger partial charge in [0.1, 0.15) is 0 Å². The monoisotopic (exact) mass is 276 g/mol. The molecule has 106 valence electrons. The van der Waals surface area contributed by atoms with Gasteiger partial charge in [0, 0.05) is 19.1 Å². The van der Waals surface area contributed by atoms with Crippen LogP contribution in [0.15, 0.2) is 0 Å². The molecule has 18 heavy (non-hydrogen) atoms. The van der Waals surface area contributed by atoms with Gasteiger partial charge in [-0.05, 0) is 32.7 Å². The molecule has 2 aliphatic rings. The van der Waals surface area contributed by atoms with Gasteiger partial charge in [0.15, 0.2) is 0 Å². The van der Waals surface area contributed by atoms with E-state index in [9.17, 15) is 8.42 Å². The number of morpholine rings is 1. The minimum Gasteiger partial charge on any atom is -0.375 e. The van der Waals surface area contributed by atoms with E-state index in [2.05, 4.69) is 5.32 Å². The lowest BCUT2D eigenvalue weighted by Crippen LogP contribution is -2.55.